The number of hydrazone groups is 1. The van der Waals surface area contributed by atoms with Crippen molar-refractivity contribution in [3.05, 3.63) is 60.2 Å². The van der Waals surface area contributed by atoms with Crippen molar-refractivity contribution in [2.75, 3.05) is 5.32 Å². The van der Waals surface area contributed by atoms with Crippen LogP contribution in [0.3, 0.4) is 0 Å². The number of carbonyl (C=O) groups excluding carboxylic acids is 1. The standard InChI is InChI=1S/C16H15N3O2S/c1-12(20)21-15-9-7-13(8-10-15)11-17-19-16(22)18-14-5-3-2-4-6-14/h2-11H,1H3,(H2,18,19,22). The Morgan fingerprint density at radius 1 is 1.14 bits per heavy atom. The summed E-state index contributed by atoms with van der Waals surface area (Å²) in [6, 6.07) is 16.6. The lowest BCUT2D eigenvalue weighted by molar-refractivity contribution is -0.131. The minimum absolute atomic E-state index is 0.347. The molecule has 2 rings (SSSR count). The number of carbonyl (C=O) groups is 1. The molecule has 0 aromatic heterocycles. The molecule has 0 aliphatic carbocycles. The number of rotatable bonds is 4. The van der Waals surface area contributed by atoms with Crippen molar-refractivity contribution in [1.82, 2.24) is 5.43 Å². The summed E-state index contributed by atoms with van der Waals surface area (Å²) in [5, 5.41) is 7.45. The molecule has 0 aliphatic rings. The molecule has 0 fully saturated rings. The predicted octanol–water partition coefficient (Wildman–Crippen LogP) is 2.93. The Kier molecular flexibility index (Phi) is 5.62. The van der Waals surface area contributed by atoms with Crippen LogP contribution in [0.25, 0.3) is 0 Å². The van der Waals surface area contributed by atoms with Crippen LogP contribution in [-0.2, 0) is 4.79 Å². The molecule has 2 aromatic carbocycles. The lowest BCUT2D eigenvalue weighted by atomic mass is 10.2. The quantitative estimate of drug-likeness (QED) is 0.299. The van der Waals surface area contributed by atoms with E-state index in [-0.39, 0.29) is 5.97 Å². The maximum absolute atomic E-state index is 10.8. The zero-order chi connectivity index (χ0) is 15.8. The Labute approximate surface area is 134 Å². The molecule has 22 heavy (non-hydrogen) atoms. The van der Waals surface area contributed by atoms with Crippen molar-refractivity contribution in [1.29, 1.82) is 0 Å². The van der Waals surface area contributed by atoms with E-state index in [0.717, 1.165) is 11.3 Å². The van der Waals surface area contributed by atoms with Gasteiger partial charge in [-0.3, -0.25) is 10.2 Å². The van der Waals surface area contributed by atoms with E-state index in [0.29, 0.717) is 10.9 Å². The summed E-state index contributed by atoms with van der Waals surface area (Å²) in [4.78, 5) is 10.8. The Bertz CT molecular complexity index is 670. The maximum Gasteiger partial charge on any atom is 0.308 e. The average molecular weight is 313 g/mol. The second kappa shape index (κ2) is 7.90. The van der Waals surface area contributed by atoms with Gasteiger partial charge in [0.25, 0.3) is 0 Å². The lowest BCUT2D eigenvalue weighted by Gasteiger charge is -2.06. The van der Waals surface area contributed by atoms with Crippen LogP contribution in [0.4, 0.5) is 5.69 Å². The average Bonchev–Trinajstić information content (AvgIpc) is 2.49. The van der Waals surface area contributed by atoms with Crippen LogP contribution in [0.1, 0.15) is 12.5 Å². The molecule has 0 heterocycles. The van der Waals surface area contributed by atoms with E-state index in [1.807, 2.05) is 30.3 Å². The van der Waals surface area contributed by atoms with Crippen molar-refractivity contribution in [3.63, 3.8) is 0 Å². The summed E-state index contributed by atoms with van der Waals surface area (Å²) in [6.45, 7) is 1.36. The Morgan fingerprint density at radius 3 is 2.45 bits per heavy atom. The molecule has 0 amide bonds. The topological polar surface area (TPSA) is 62.7 Å². The van der Waals surface area contributed by atoms with Gasteiger partial charge in [-0.1, -0.05) is 18.2 Å². The smallest absolute Gasteiger partial charge is 0.308 e. The van der Waals surface area contributed by atoms with E-state index in [9.17, 15) is 4.79 Å². The van der Waals surface area contributed by atoms with Gasteiger partial charge in [0, 0.05) is 12.6 Å². The number of nitrogens with one attached hydrogen (secondary N) is 2. The van der Waals surface area contributed by atoms with Crippen LogP contribution in [-0.4, -0.2) is 17.3 Å². The number of esters is 1. The fraction of sp³-hybridized carbons (Fsp3) is 0.0625. The first-order valence-electron chi connectivity index (χ1n) is 6.57. The maximum atomic E-state index is 10.8. The number of ether oxygens (including phenoxy) is 1. The summed E-state index contributed by atoms with van der Waals surface area (Å²) in [6.07, 6.45) is 1.62. The first kappa shape index (κ1) is 15.7. The molecule has 5 nitrogen and oxygen atoms in total. The summed E-state index contributed by atoms with van der Waals surface area (Å²) in [5.74, 6) is 0.152. The molecule has 0 bridgehead atoms. The zero-order valence-electron chi connectivity index (χ0n) is 11.9. The summed E-state index contributed by atoms with van der Waals surface area (Å²) in [5.41, 5.74) is 4.47. The third-order valence-electron chi connectivity index (χ3n) is 2.55. The molecule has 0 radical (unpaired) electrons. The molecule has 0 spiro atoms. The lowest BCUT2D eigenvalue weighted by Crippen LogP contribution is -2.23. The zero-order valence-corrected chi connectivity index (χ0v) is 12.8. The number of hydrogen-bond donors (Lipinski definition) is 2. The minimum Gasteiger partial charge on any atom is -0.427 e. The SMILES string of the molecule is CC(=O)Oc1ccc(C=NNC(=S)Nc2ccccc2)cc1. The van der Waals surface area contributed by atoms with Crippen LogP contribution in [0.5, 0.6) is 5.75 Å². The number of thiocarbonyl (C=S) groups is 1. The van der Waals surface area contributed by atoms with Crippen molar-refractivity contribution in [2.24, 2.45) is 5.10 Å². The normalized spacial score (nSPS) is 10.2. The molecule has 6 heteroatoms. The molecule has 112 valence electrons. The first-order valence-corrected chi connectivity index (χ1v) is 6.98. The fourth-order valence-corrected chi connectivity index (χ4v) is 1.80. The van der Waals surface area contributed by atoms with E-state index in [1.54, 1.807) is 30.5 Å². The van der Waals surface area contributed by atoms with Crippen LogP contribution in [0.2, 0.25) is 0 Å². The molecule has 0 saturated carbocycles. The first-order chi connectivity index (χ1) is 10.6. The molecule has 2 N–H and O–H groups in total. The number of hydrogen-bond acceptors (Lipinski definition) is 4. The highest BCUT2D eigenvalue weighted by Crippen LogP contribution is 2.11. The van der Waals surface area contributed by atoms with Gasteiger partial charge < -0.3 is 10.1 Å². The van der Waals surface area contributed by atoms with Gasteiger partial charge in [0.15, 0.2) is 5.11 Å². The van der Waals surface area contributed by atoms with Gasteiger partial charge in [-0.05, 0) is 54.2 Å². The highest BCUT2D eigenvalue weighted by atomic mass is 32.1. The molecule has 0 atom stereocenters. The highest BCUT2D eigenvalue weighted by molar-refractivity contribution is 7.80. The fourth-order valence-electron chi connectivity index (χ4n) is 1.63. The van der Waals surface area contributed by atoms with Gasteiger partial charge in [-0.15, -0.1) is 0 Å². The predicted molar refractivity (Wildman–Crippen MR) is 91.1 cm³/mol. The Balaban J connectivity index is 1.84. The van der Waals surface area contributed by atoms with Gasteiger partial charge in [0.05, 0.1) is 6.21 Å². The molecular formula is C16H15N3O2S. The van der Waals surface area contributed by atoms with Crippen molar-refractivity contribution in [3.8, 4) is 5.75 Å². The van der Waals surface area contributed by atoms with Crippen LogP contribution < -0.4 is 15.5 Å². The van der Waals surface area contributed by atoms with Crippen molar-refractivity contribution < 1.29 is 9.53 Å². The third kappa shape index (κ3) is 5.34. The van der Waals surface area contributed by atoms with Gasteiger partial charge in [-0.25, -0.2) is 0 Å². The van der Waals surface area contributed by atoms with E-state index in [1.165, 1.54) is 6.92 Å². The summed E-state index contributed by atoms with van der Waals surface area (Å²) < 4.78 is 4.95. The summed E-state index contributed by atoms with van der Waals surface area (Å²) in [7, 11) is 0. The van der Waals surface area contributed by atoms with Crippen molar-refractivity contribution >= 4 is 35.2 Å². The van der Waals surface area contributed by atoms with Crippen LogP contribution in [0.15, 0.2) is 59.7 Å². The molecule has 0 aliphatic heterocycles. The molecule has 2 aromatic rings. The van der Waals surface area contributed by atoms with Crippen LogP contribution in [0, 0.1) is 0 Å². The second-order valence-electron chi connectivity index (χ2n) is 4.35. The minimum atomic E-state index is -0.347. The third-order valence-corrected chi connectivity index (χ3v) is 2.75. The van der Waals surface area contributed by atoms with Gasteiger partial charge >= 0.3 is 5.97 Å². The number of anilines is 1. The molecular weight excluding hydrogens is 298 g/mol. The van der Waals surface area contributed by atoms with Gasteiger partial charge in [-0.2, -0.15) is 5.10 Å². The molecule has 0 unspecified atom stereocenters. The van der Waals surface area contributed by atoms with E-state index >= 15 is 0 Å². The van der Waals surface area contributed by atoms with Gasteiger partial charge in [0.1, 0.15) is 5.75 Å². The van der Waals surface area contributed by atoms with E-state index in [2.05, 4.69) is 15.8 Å². The highest BCUT2D eigenvalue weighted by Gasteiger charge is 1.97. The monoisotopic (exact) mass is 313 g/mol. The van der Waals surface area contributed by atoms with E-state index in [4.69, 9.17) is 17.0 Å². The van der Waals surface area contributed by atoms with Crippen molar-refractivity contribution in [2.45, 2.75) is 6.92 Å². The Morgan fingerprint density at radius 2 is 1.82 bits per heavy atom. The molecule has 0 saturated heterocycles. The summed E-state index contributed by atoms with van der Waals surface area (Å²) >= 11 is 5.13. The largest absolute Gasteiger partial charge is 0.427 e. The number of nitrogens with zero attached hydrogens (tertiary/aromatic N) is 1. The number of para-hydroxylation sites is 1. The second-order valence-corrected chi connectivity index (χ2v) is 4.76. The van der Waals surface area contributed by atoms with Crippen LogP contribution >= 0.6 is 12.2 Å². The van der Waals surface area contributed by atoms with Gasteiger partial charge in [0.2, 0.25) is 0 Å². The Hall–Kier alpha value is -2.73. The number of benzene rings is 2. The van der Waals surface area contributed by atoms with E-state index < -0.39 is 0 Å².